The van der Waals surface area contributed by atoms with Crippen LogP contribution in [-0.2, 0) is 11.3 Å². The summed E-state index contributed by atoms with van der Waals surface area (Å²) in [5.74, 6) is 0.424. The fourth-order valence-electron chi connectivity index (χ4n) is 4.03. The van der Waals surface area contributed by atoms with Crippen LogP contribution in [0.25, 0.3) is 0 Å². The molecule has 1 fully saturated rings. The molecule has 1 aromatic heterocycles. The lowest BCUT2D eigenvalue weighted by Crippen LogP contribution is -2.38. The zero-order valence-corrected chi connectivity index (χ0v) is 18.5. The van der Waals surface area contributed by atoms with E-state index in [9.17, 15) is 9.59 Å². The van der Waals surface area contributed by atoms with Gasteiger partial charge < -0.3 is 19.5 Å². The quantitative estimate of drug-likeness (QED) is 0.670. The standard InChI is InChI=1S/C24H33N3O3/c1-5-17(2)27(24(29)22-11-8-14-30-22)16-19-15-20(12-13-21(19)26(3)4)25-23(28)18-9-6-7-10-18/h8,11-15,17-18H,5-7,9-10,16H2,1-4H3,(H,25,28). The third-order valence-corrected chi connectivity index (χ3v) is 6.01. The number of nitrogens with zero attached hydrogens (tertiary/aromatic N) is 2. The van der Waals surface area contributed by atoms with Gasteiger partial charge in [-0.25, -0.2) is 0 Å². The van der Waals surface area contributed by atoms with Crippen molar-refractivity contribution in [1.29, 1.82) is 0 Å². The molecular formula is C24H33N3O3. The Balaban J connectivity index is 1.86. The minimum absolute atomic E-state index is 0.0503. The van der Waals surface area contributed by atoms with Gasteiger partial charge in [-0.2, -0.15) is 0 Å². The number of rotatable bonds is 8. The molecule has 6 heteroatoms. The van der Waals surface area contributed by atoms with Gasteiger partial charge in [0, 0.05) is 44.0 Å². The first-order valence-corrected chi connectivity index (χ1v) is 10.9. The summed E-state index contributed by atoms with van der Waals surface area (Å²) in [6.07, 6.45) is 6.54. The molecule has 162 valence electrons. The van der Waals surface area contributed by atoms with Crippen molar-refractivity contribution in [3.8, 4) is 0 Å². The van der Waals surface area contributed by atoms with Crippen molar-refractivity contribution < 1.29 is 14.0 Å². The molecule has 3 rings (SSSR count). The number of hydrogen-bond acceptors (Lipinski definition) is 4. The Bertz CT molecular complexity index is 855. The van der Waals surface area contributed by atoms with Gasteiger partial charge in [-0.15, -0.1) is 0 Å². The monoisotopic (exact) mass is 411 g/mol. The highest BCUT2D eigenvalue weighted by Gasteiger charge is 2.25. The molecule has 1 atom stereocenters. The van der Waals surface area contributed by atoms with Gasteiger partial charge in [-0.05, 0) is 62.1 Å². The number of carbonyl (C=O) groups excluding carboxylic acids is 2. The van der Waals surface area contributed by atoms with Crippen LogP contribution in [-0.4, -0.2) is 36.9 Å². The van der Waals surface area contributed by atoms with Gasteiger partial charge in [0.2, 0.25) is 5.91 Å². The van der Waals surface area contributed by atoms with Crippen LogP contribution in [0.5, 0.6) is 0 Å². The lowest BCUT2D eigenvalue weighted by atomic mass is 10.1. The highest BCUT2D eigenvalue weighted by molar-refractivity contribution is 5.93. The molecule has 0 radical (unpaired) electrons. The summed E-state index contributed by atoms with van der Waals surface area (Å²) in [6.45, 7) is 4.55. The Hall–Kier alpha value is -2.76. The Morgan fingerprint density at radius 2 is 1.93 bits per heavy atom. The van der Waals surface area contributed by atoms with E-state index in [2.05, 4.69) is 12.2 Å². The molecule has 1 aliphatic rings. The molecule has 6 nitrogen and oxygen atoms in total. The highest BCUT2D eigenvalue weighted by atomic mass is 16.3. The maximum atomic E-state index is 13.1. The number of hydrogen-bond donors (Lipinski definition) is 1. The van der Waals surface area contributed by atoms with Crippen molar-refractivity contribution in [3.63, 3.8) is 0 Å². The second-order valence-corrected chi connectivity index (χ2v) is 8.38. The molecule has 0 aliphatic heterocycles. The Morgan fingerprint density at radius 3 is 2.53 bits per heavy atom. The van der Waals surface area contributed by atoms with Crippen LogP contribution in [0.2, 0.25) is 0 Å². The molecule has 0 spiro atoms. The van der Waals surface area contributed by atoms with Gasteiger partial charge >= 0.3 is 0 Å². The number of benzene rings is 1. The van der Waals surface area contributed by atoms with Gasteiger partial charge in [-0.3, -0.25) is 9.59 Å². The summed E-state index contributed by atoms with van der Waals surface area (Å²) in [5, 5.41) is 3.08. The minimum Gasteiger partial charge on any atom is -0.459 e. The van der Waals surface area contributed by atoms with E-state index in [-0.39, 0.29) is 23.8 Å². The van der Waals surface area contributed by atoms with E-state index < -0.39 is 0 Å². The van der Waals surface area contributed by atoms with Crippen molar-refractivity contribution in [1.82, 2.24) is 4.90 Å². The van der Waals surface area contributed by atoms with Crippen molar-refractivity contribution in [2.45, 2.75) is 58.5 Å². The summed E-state index contributed by atoms with van der Waals surface area (Å²) in [5.41, 5.74) is 2.79. The number of nitrogens with one attached hydrogen (secondary N) is 1. The van der Waals surface area contributed by atoms with Crippen LogP contribution in [0.1, 0.15) is 62.1 Å². The topological polar surface area (TPSA) is 65.8 Å². The van der Waals surface area contributed by atoms with Gasteiger partial charge in [-0.1, -0.05) is 19.8 Å². The van der Waals surface area contributed by atoms with Crippen molar-refractivity contribution >= 4 is 23.2 Å². The largest absolute Gasteiger partial charge is 0.459 e. The van der Waals surface area contributed by atoms with Crippen LogP contribution < -0.4 is 10.2 Å². The van der Waals surface area contributed by atoms with Gasteiger partial charge in [0.05, 0.1) is 6.26 Å². The molecule has 0 bridgehead atoms. The normalized spacial score (nSPS) is 15.1. The number of anilines is 2. The third kappa shape index (κ3) is 5.04. The zero-order valence-electron chi connectivity index (χ0n) is 18.5. The maximum Gasteiger partial charge on any atom is 0.290 e. The lowest BCUT2D eigenvalue weighted by molar-refractivity contribution is -0.119. The van der Waals surface area contributed by atoms with E-state index in [1.165, 1.54) is 6.26 Å². The lowest BCUT2D eigenvalue weighted by Gasteiger charge is -2.30. The van der Waals surface area contributed by atoms with Gasteiger partial charge in [0.1, 0.15) is 0 Å². The molecular weight excluding hydrogens is 378 g/mol. The van der Waals surface area contributed by atoms with Crippen molar-refractivity contribution in [2.24, 2.45) is 5.92 Å². The maximum absolute atomic E-state index is 13.1. The predicted octanol–water partition coefficient (Wildman–Crippen LogP) is 4.92. The summed E-state index contributed by atoms with van der Waals surface area (Å²) >= 11 is 0. The zero-order chi connectivity index (χ0) is 21.7. The van der Waals surface area contributed by atoms with Crippen LogP contribution in [0.4, 0.5) is 11.4 Å². The van der Waals surface area contributed by atoms with Crippen LogP contribution in [0.3, 0.4) is 0 Å². The highest BCUT2D eigenvalue weighted by Crippen LogP contribution is 2.29. The number of furan rings is 1. The molecule has 1 unspecified atom stereocenters. The Kier molecular flexibility index (Phi) is 7.19. The van der Waals surface area contributed by atoms with E-state index in [0.29, 0.717) is 12.3 Å². The van der Waals surface area contributed by atoms with E-state index in [1.807, 2.05) is 49.0 Å². The van der Waals surface area contributed by atoms with Gasteiger partial charge in [0.25, 0.3) is 5.91 Å². The molecule has 1 aliphatic carbocycles. The van der Waals surface area contributed by atoms with Crippen LogP contribution >= 0.6 is 0 Å². The number of amides is 2. The molecule has 2 aromatic rings. The molecule has 1 heterocycles. The van der Waals surface area contributed by atoms with Crippen molar-refractivity contribution in [2.75, 3.05) is 24.3 Å². The van der Waals surface area contributed by atoms with E-state index in [0.717, 1.165) is 49.0 Å². The van der Waals surface area contributed by atoms with E-state index in [4.69, 9.17) is 4.42 Å². The molecule has 30 heavy (non-hydrogen) atoms. The average molecular weight is 412 g/mol. The molecule has 1 aromatic carbocycles. The number of carbonyl (C=O) groups is 2. The molecule has 1 saturated carbocycles. The SMILES string of the molecule is CCC(C)N(Cc1cc(NC(=O)C2CCCC2)ccc1N(C)C)C(=O)c1ccco1. The summed E-state index contributed by atoms with van der Waals surface area (Å²) in [7, 11) is 3.97. The second kappa shape index (κ2) is 9.83. The van der Waals surface area contributed by atoms with Gasteiger partial charge in [0.15, 0.2) is 5.76 Å². The minimum atomic E-state index is -0.126. The smallest absolute Gasteiger partial charge is 0.290 e. The van der Waals surface area contributed by atoms with Crippen LogP contribution in [0, 0.1) is 5.92 Å². The molecule has 1 N–H and O–H groups in total. The average Bonchev–Trinajstić information content (AvgIpc) is 3.45. The van der Waals surface area contributed by atoms with E-state index in [1.54, 1.807) is 12.1 Å². The third-order valence-electron chi connectivity index (χ3n) is 6.01. The Labute approximate surface area is 179 Å². The fraction of sp³-hybridized carbons (Fsp3) is 0.500. The molecule has 0 saturated heterocycles. The van der Waals surface area contributed by atoms with Crippen molar-refractivity contribution in [3.05, 3.63) is 47.9 Å². The molecule has 2 amide bonds. The van der Waals surface area contributed by atoms with Crippen LogP contribution in [0.15, 0.2) is 41.0 Å². The van der Waals surface area contributed by atoms with E-state index >= 15 is 0 Å². The summed E-state index contributed by atoms with van der Waals surface area (Å²) < 4.78 is 5.36. The first-order chi connectivity index (χ1) is 14.4. The first kappa shape index (κ1) is 21.9. The summed E-state index contributed by atoms with van der Waals surface area (Å²) in [6, 6.07) is 9.41. The second-order valence-electron chi connectivity index (χ2n) is 8.38. The Morgan fingerprint density at radius 1 is 1.20 bits per heavy atom. The first-order valence-electron chi connectivity index (χ1n) is 10.9. The fourth-order valence-corrected chi connectivity index (χ4v) is 4.03. The summed E-state index contributed by atoms with van der Waals surface area (Å²) in [4.78, 5) is 29.5. The predicted molar refractivity (Wildman–Crippen MR) is 120 cm³/mol.